The quantitative estimate of drug-likeness (QED) is 0.386. The van der Waals surface area contributed by atoms with Gasteiger partial charge in [-0.25, -0.2) is 0 Å². The van der Waals surface area contributed by atoms with Crippen LogP contribution in [0.5, 0.6) is 0 Å². The van der Waals surface area contributed by atoms with Crippen LogP contribution in [0.3, 0.4) is 0 Å². The van der Waals surface area contributed by atoms with Crippen LogP contribution in [0.4, 0.5) is 0 Å². The second-order valence-corrected chi connectivity index (χ2v) is 2.05. The van der Waals surface area contributed by atoms with Gasteiger partial charge >= 0.3 is 0 Å². The minimum absolute atomic E-state index is 0.931. The van der Waals surface area contributed by atoms with Crippen molar-refractivity contribution < 1.29 is 4.74 Å². The Bertz CT molecular complexity index is 33.5. The zero-order valence-electron chi connectivity index (χ0n) is 5.94. The van der Waals surface area contributed by atoms with Crippen molar-refractivity contribution in [3.05, 3.63) is 0 Å². The molecule has 0 bridgehead atoms. The minimum atomic E-state index is 0.931. The molecule has 48 valence electrons. The average molecular weight is 114 g/mol. The molecule has 0 unspecified atom stereocenters. The van der Waals surface area contributed by atoms with Gasteiger partial charge in [0.2, 0.25) is 0 Å². The number of unbranched alkanes of at least 4 members (excludes halogenated alkanes) is 1. The Morgan fingerprint density at radius 1 is 1.50 bits per heavy atom. The van der Waals surface area contributed by atoms with Gasteiger partial charge in [0.05, 0.1) is 0 Å². The van der Waals surface area contributed by atoms with Crippen molar-refractivity contribution in [1.82, 2.24) is 0 Å². The molecule has 0 saturated heterocycles. The summed E-state index contributed by atoms with van der Waals surface area (Å²) < 4.78 is 4.89. The molecule has 0 aromatic rings. The van der Waals surface area contributed by atoms with Crippen LogP contribution >= 0.6 is 0 Å². The number of ether oxygens (including phenoxy) is 1. The Balaban J connectivity index is 2.53. The molecular formula is C6H15BO. The van der Waals surface area contributed by atoms with Gasteiger partial charge in [0.25, 0.3) is 0 Å². The van der Waals surface area contributed by atoms with Crippen molar-refractivity contribution in [2.45, 2.75) is 26.1 Å². The van der Waals surface area contributed by atoms with Crippen LogP contribution in [0.15, 0.2) is 0 Å². The van der Waals surface area contributed by atoms with Gasteiger partial charge < -0.3 is 4.74 Å². The van der Waals surface area contributed by atoms with Crippen LogP contribution in [0.2, 0.25) is 6.32 Å². The van der Waals surface area contributed by atoms with E-state index in [-0.39, 0.29) is 0 Å². The van der Waals surface area contributed by atoms with E-state index in [1.54, 1.807) is 7.11 Å². The average Bonchev–Trinajstić information content (AvgIpc) is 1.81. The molecule has 0 saturated carbocycles. The van der Waals surface area contributed by atoms with Crippen LogP contribution < -0.4 is 0 Å². The van der Waals surface area contributed by atoms with Gasteiger partial charge in [0.15, 0.2) is 7.28 Å². The highest BCUT2D eigenvalue weighted by Gasteiger charge is 1.86. The van der Waals surface area contributed by atoms with Gasteiger partial charge in [-0.15, -0.1) is 0 Å². The van der Waals surface area contributed by atoms with Gasteiger partial charge in [-0.2, -0.15) is 0 Å². The second-order valence-electron chi connectivity index (χ2n) is 2.05. The molecule has 0 fully saturated rings. The summed E-state index contributed by atoms with van der Waals surface area (Å²) in [6.07, 6.45) is 3.98. The van der Waals surface area contributed by atoms with E-state index < -0.39 is 0 Å². The lowest BCUT2D eigenvalue weighted by Gasteiger charge is -1.93. The van der Waals surface area contributed by atoms with Crippen LogP contribution in [0, 0.1) is 0 Å². The van der Waals surface area contributed by atoms with Crippen molar-refractivity contribution in [3.8, 4) is 0 Å². The molecule has 8 heavy (non-hydrogen) atoms. The van der Waals surface area contributed by atoms with Gasteiger partial charge in [-0.1, -0.05) is 26.1 Å². The van der Waals surface area contributed by atoms with E-state index in [0.717, 1.165) is 6.51 Å². The van der Waals surface area contributed by atoms with Crippen LogP contribution in [-0.2, 0) is 4.74 Å². The predicted octanol–water partition coefficient (Wildman–Crippen LogP) is 1.25. The lowest BCUT2D eigenvalue weighted by Crippen LogP contribution is -1.98. The monoisotopic (exact) mass is 114 g/mol. The smallest absolute Gasteiger partial charge is 0.153 e. The van der Waals surface area contributed by atoms with E-state index in [1.807, 2.05) is 0 Å². The molecule has 0 heterocycles. The van der Waals surface area contributed by atoms with Crippen molar-refractivity contribution in [1.29, 1.82) is 0 Å². The largest absolute Gasteiger partial charge is 0.393 e. The van der Waals surface area contributed by atoms with Gasteiger partial charge in [0, 0.05) is 13.6 Å². The summed E-state index contributed by atoms with van der Waals surface area (Å²) in [5, 5.41) is 0. The second kappa shape index (κ2) is 7.02. The molecule has 0 N–H and O–H groups in total. The first kappa shape index (κ1) is 8.02. The topological polar surface area (TPSA) is 9.23 Å². The maximum Gasteiger partial charge on any atom is 0.153 e. The van der Waals surface area contributed by atoms with Gasteiger partial charge in [-0.05, 0) is 0 Å². The lowest BCUT2D eigenvalue weighted by atomic mass is 9.74. The maximum atomic E-state index is 4.89. The summed E-state index contributed by atoms with van der Waals surface area (Å²) in [4.78, 5) is 0. The third kappa shape index (κ3) is 6.02. The van der Waals surface area contributed by atoms with E-state index in [9.17, 15) is 0 Å². The van der Waals surface area contributed by atoms with Crippen molar-refractivity contribution in [2.24, 2.45) is 0 Å². The highest BCUT2D eigenvalue weighted by atomic mass is 16.5. The Hall–Kier alpha value is 0.0249. The van der Waals surface area contributed by atoms with E-state index in [2.05, 4.69) is 6.92 Å². The van der Waals surface area contributed by atoms with E-state index in [1.165, 1.54) is 26.4 Å². The predicted molar refractivity (Wildman–Crippen MR) is 38.7 cm³/mol. The number of methoxy groups -OCH3 is 1. The molecular weight excluding hydrogens is 98.9 g/mol. The normalized spacial score (nSPS) is 9.25. The molecule has 0 aliphatic heterocycles. The SMILES string of the molecule is CCCCBCOC. The molecule has 0 spiro atoms. The fourth-order valence-electron chi connectivity index (χ4n) is 0.673. The summed E-state index contributed by atoms with van der Waals surface area (Å²) in [7, 11) is 2.98. The van der Waals surface area contributed by atoms with Gasteiger partial charge in [-0.3, -0.25) is 0 Å². The van der Waals surface area contributed by atoms with E-state index in [0.29, 0.717) is 0 Å². The summed E-state index contributed by atoms with van der Waals surface area (Å²) in [5.74, 6) is 0. The molecule has 0 aromatic carbocycles. The third-order valence-corrected chi connectivity index (χ3v) is 1.20. The standard InChI is InChI=1S/C6H15BO/c1-3-4-5-7-6-8-2/h7H,3-6H2,1-2H3. The molecule has 0 aliphatic carbocycles. The zero-order valence-corrected chi connectivity index (χ0v) is 5.94. The zero-order chi connectivity index (χ0) is 6.24. The first-order valence-electron chi connectivity index (χ1n) is 3.40. The van der Waals surface area contributed by atoms with Crippen molar-refractivity contribution in [2.75, 3.05) is 13.6 Å². The van der Waals surface area contributed by atoms with E-state index in [4.69, 9.17) is 4.74 Å². The molecule has 0 amide bonds. The van der Waals surface area contributed by atoms with Gasteiger partial charge in [0.1, 0.15) is 0 Å². The number of hydrogen-bond acceptors (Lipinski definition) is 1. The van der Waals surface area contributed by atoms with Crippen LogP contribution in [-0.4, -0.2) is 20.9 Å². The Morgan fingerprint density at radius 2 is 2.25 bits per heavy atom. The minimum Gasteiger partial charge on any atom is -0.393 e. The first-order chi connectivity index (χ1) is 3.91. The van der Waals surface area contributed by atoms with Crippen LogP contribution in [0.1, 0.15) is 19.8 Å². The summed E-state index contributed by atoms with van der Waals surface area (Å²) in [5.41, 5.74) is 0. The molecule has 1 nitrogen and oxygen atoms in total. The number of rotatable bonds is 5. The third-order valence-electron chi connectivity index (χ3n) is 1.20. The lowest BCUT2D eigenvalue weighted by molar-refractivity contribution is 0.251. The Morgan fingerprint density at radius 3 is 2.75 bits per heavy atom. The highest BCUT2D eigenvalue weighted by Crippen LogP contribution is 1.91. The van der Waals surface area contributed by atoms with Crippen LogP contribution in [0.25, 0.3) is 0 Å². The fraction of sp³-hybridized carbons (Fsp3) is 1.00. The molecule has 0 aromatic heterocycles. The summed E-state index contributed by atoms with van der Waals surface area (Å²) >= 11 is 0. The van der Waals surface area contributed by atoms with E-state index >= 15 is 0 Å². The first-order valence-corrected chi connectivity index (χ1v) is 3.40. The molecule has 0 radical (unpaired) electrons. The maximum absolute atomic E-state index is 4.89. The summed E-state index contributed by atoms with van der Waals surface area (Å²) in [6.45, 7) is 3.15. The molecule has 2 heteroatoms. The summed E-state index contributed by atoms with van der Waals surface area (Å²) in [6, 6.07) is 0. The fourth-order valence-corrected chi connectivity index (χ4v) is 0.673. The van der Waals surface area contributed by atoms with Crippen molar-refractivity contribution in [3.63, 3.8) is 0 Å². The molecule has 0 atom stereocenters. The number of hydrogen-bond donors (Lipinski definition) is 0. The molecule has 0 rings (SSSR count). The van der Waals surface area contributed by atoms with Crippen molar-refractivity contribution >= 4 is 7.28 Å². The molecule has 0 aliphatic rings. The Labute approximate surface area is 52.7 Å². The highest BCUT2D eigenvalue weighted by molar-refractivity contribution is 6.35. The Kier molecular flexibility index (Phi) is 7.05.